The zero-order chi connectivity index (χ0) is 15.5. The first kappa shape index (κ1) is 15.1. The van der Waals surface area contributed by atoms with E-state index < -0.39 is 0 Å². The van der Waals surface area contributed by atoms with Crippen LogP contribution in [0.1, 0.15) is 29.6 Å². The summed E-state index contributed by atoms with van der Waals surface area (Å²) in [5, 5.41) is 10.4. The number of carbonyl (C=O) groups is 1. The number of benzene rings is 1. The minimum atomic E-state index is -0.379. The number of nitrogens with one attached hydrogen (secondary N) is 2. The fraction of sp³-hybridized carbons (Fsp3) is 0.375. The first-order chi connectivity index (χ1) is 10.7. The highest BCUT2D eigenvalue weighted by Gasteiger charge is 2.26. The fourth-order valence-corrected chi connectivity index (χ4v) is 3.91. The number of thioether (sulfide) groups is 1. The molecule has 6 heteroatoms. The number of nitrogens with zero attached hydrogens (tertiary/aromatic N) is 2. The van der Waals surface area contributed by atoms with Gasteiger partial charge >= 0.3 is 0 Å². The zero-order valence-corrected chi connectivity index (χ0v) is 13.6. The van der Waals surface area contributed by atoms with Gasteiger partial charge in [0.15, 0.2) is 0 Å². The summed E-state index contributed by atoms with van der Waals surface area (Å²) in [5.74, 6) is 1.02. The van der Waals surface area contributed by atoms with Gasteiger partial charge in [-0.2, -0.15) is 5.10 Å². The average molecular weight is 316 g/mol. The molecule has 0 fully saturated rings. The lowest BCUT2D eigenvalue weighted by molar-refractivity contribution is -0.124. The number of fused-ring (bicyclic) bond motifs is 1. The van der Waals surface area contributed by atoms with Gasteiger partial charge in [0.05, 0.1) is 12.2 Å². The second-order valence-electron chi connectivity index (χ2n) is 5.41. The average Bonchev–Trinajstić information content (AvgIpc) is 2.94. The van der Waals surface area contributed by atoms with E-state index >= 15 is 0 Å². The van der Waals surface area contributed by atoms with Crippen molar-refractivity contribution in [3.63, 3.8) is 0 Å². The maximum Gasteiger partial charge on any atom is 0.242 e. The molecule has 0 aliphatic carbocycles. The van der Waals surface area contributed by atoms with Gasteiger partial charge in [-0.15, -0.1) is 11.8 Å². The van der Waals surface area contributed by atoms with Crippen molar-refractivity contribution < 1.29 is 4.79 Å². The van der Waals surface area contributed by atoms with Gasteiger partial charge in [0.2, 0.25) is 5.91 Å². The third-order valence-electron chi connectivity index (χ3n) is 3.88. The summed E-state index contributed by atoms with van der Waals surface area (Å²) in [6.07, 6.45) is 4.55. The molecular formula is C16H20N4OS. The van der Waals surface area contributed by atoms with Crippen molar-refractivity contribution in [1.29, 1.82) is 0 Å². The van der Waals surface area contributed by atoms with Crippen LogP contribution in [0.2, 0.25) is 0 Å². The monoisotopic (exact) mass is 316 g/mol. The van der Waals surface area contributed by atoms with Crippen molar-refractivity contribution >= 4 is 17.7 Å². The lowest BCUT2D eigenvalue weighted by atomic mass is 10.0. The Bertz CT molecular complexity index is 670. The molecule has 1 aromatic carbocycles. The van der Waals surface area contributed by atoms with Crippen molar-refractivity contribution in [1.82, 2.24) is 20.4 Å². The summed E-state index contributed by atoms with van der Waals surface area (Å²) in [7, 11) is 3.64. The molecule has 1 amide bonds. The van der Waals surface area contributed by atoms with E-state index in [1.165, 1.54) is 10.5 Å². The molecule has 1 aromatic heterocycles. The van der Waals surface area contributed by atoms with Gasteiger partial charge in [-0.25, -0.2) is 0 Å². The fourth-order valence-electron chi connectivity index (χ4n) is 2.79. The Hall–Kier alpha value is -1.79. The van der Waals surface area contributed by atoms with Crippen molar-refractivity contribution in [2.24, 2.45) is 7.05 Å². The molecule has 0 radical (unpaired) electrons. The lowest BCUT2D eigenvalue weighted by Crippen LogP contribution is -2.39. The SMILES string of the molecule is CNC(C(=O)NC1CCSc2ccccc21)c1cnn(C)c1. The summed E-state index contributed by atoms with van der Waals surface area (Å²) in [6.45, 7) is 0. The van der Waals surface area contributed by atoms with E-state index in [0.717, 1.165) is 17.7 Å². The predicted molar refractivity (Wildman–Crippen MR) is 87.7 cm³/mol. The van der Waals surface area contributed by atoms with Gasteiger partial charge in [-0.1, -0.05) is 18.2 Å². The molecule has 5 nitrogen and oxygen atoms in total. The maximum atomic E-state index is 12.6. The van der Waals surface area contributed by atoms with E-state index in [1.54, 1.807) is 17.9 Å². The smallest absolute Gasteiger partial charge is 0.242 e. The number of hydrogen-bond acceptors (Lipinski definition) is 4. The Morgan fingerprint density at radius 2 is 2.27 bits per heavy atom. The van der Waals surface area contributed by atoms with Gasteiger partial charge < -0.3 is 10.6 Å². The van der Waals surface area contributed by atoms with Crippen LogP contribution in [0.3, 0.4) is 0 Å². The predicted octanol–water partition coefficient (Wildman–Crippen LogP) is 2.03. The topological polar surface area (TPSA) is 59.0 Å². The molecule has 2 atom stereocenters. The first-order valence-electron chi connectivity index (χ1n) is 7.37. The van der Waals surface area contributed by atoms with E-state index in [2.05, 4.69) is 27.9 Å². The molecule has 0 bridgehead atoms. The van der Waals surface area contributed by atoms with Crippen LogP contribution in [0.15, 0.2) is 41.6 Å². The Labute approximate surface area is 134 Å². The number of carbonyl (C=O) groups excluding carboxylic acids is 1. The Kier molecular flexibility index (Phi) is 4.49. The van der Waals surface area contributed by atoms with E-state index in [1.807, 2.05) is 37.1 Å². The Balaban J connectivity index is 1.77. The van der Waals surface area contributed by atoms with Crippen LogP contribution in [-0.2, 0) is 11.8 Å². The summed E-state index contributed by atoms with van der Waals surface area (Å²) in [4.78, 5) is 13.9. The molecule has 1 aliphatic heterocycles. The quantitative estimate of drug-likeness (QED) is 0.906. The van der Waals surface area contributed by atoms with Crippen molar-refractivity contribution in [3.8, 4) is 0 Å². The second-order valence-corrected chi connectivity index (χ2v) is 6.54. The van der Waals surface area contributed by atoms with Crippen LogP contribution in [0.25, 0.3) is 0 Å². The van der Waals surface area contributed by atoms with Gasteiger partial charge in [0.25, 0.3) is 0 Å². The third kappa shape index (κ3) is 3.03. The van der Waals surface area contributed by atoms with Crippen molar-refractivity contribution in [2.45, 2.75) is 23.4 Å². The molecule has 0 saturated carbocycles. The van der Waals surface area contributed by atoms with Gasteiger partial charge in [-0.3, -0.25) is 9.48 Å². The molecule has 2 heterocycles. The van der Waals surface area contributed by atoms with Crippen molar-refractivity contribution in [3.05, 3.63) is 47.8 Å². The van der Waals surface area contributed by atoms with E-state index in [0.29, 0.717) is 0 Å². The molecule has 2 unspecified atom stereocenters. The number of rotatable bonds is 4. The number of aromatic nitrogens is 2. The maximum absolute atomic E-state index is 12.6. The van der Waals surface area contributed by atoms with Gasteiger partial charge in [-0.05, 0) is 25.1 Å². The van der Waals surface area contributed by atoms with Crippen LogP contribution >= 0.6 is 11.8 Å². The highest BCUT2D eigenvalue weighted by molar-refractivity contribution is 7.99. The van der Waals surface area contributed by atoms with E-state index in [4.69, 9.17) is 0 Å². The van der Waals surface area contributed by atoms with Gasteiger partial charge in [0.1, 0.15) is 6.04 Å². The standard InChI is InChI=1S/C16H20N4OS/c1-17-15(11-9-18-20(2)10-11)16(21)19-13-7-8-22-14-6-4-3-5-12(13)14/h3-6,9-10,13,15,17H,7-8H2,1-2H3,(H,19,21). The number of hydrogen-bond donors (Lipinski definition) is 2. The van der Waals surface area contributed by atoms with Crippen LogP contribution in [-0.4, -0.2) is 28.5 Å². The van der Waals surface area contributed by atoms with Crippen LogP contribution in [0.5, 0.6) is 0 Å². The van der Waals surface area contributed by atoms with Crippen LogP contribution in [0, 0.1) is 0 Å². The molecule has 0 spiro atoms. The number of amides is 1. The number of likely N-dealkylation sites (N-methyl/N-ethyl adjacent to an activating group) is 1. The van der Waals surface area contributed by atoms with Crippen molar-refractivity contribution in [2.75, 3.05) is 12.8 Å². The highest BCUT2D eigenvalue weighted by Crippen LogP contribution is 2.36. The normalized spacial score (nSPS) is 18.5. The van der Waals surface area contributed by atoms with Crippen LogP contribution < -0.4 is 10.6 Å². The molecule has 116 valence electrons. The number of aryl methyl sites for hydroxylation is 1. The molecular weight excluding hydrogens is 296 g/mol. The minimum Gasteiger partial charge on any atom is -0.348 e. The largest absolute Gasteiger partial charge is 0.348 e. The zero-order valence-electron chi connectivity index (χ0n) is 12.7. The Morgan fingerprint density at radius 3 is 3.00 bits per heavy atom. The summed E-state index contributed by atoms with van der Waals surface area (Å²) in [6, 6.07) is 8.00. The summed E-state index contributed by atoms with van der Waals surface area (Å²) in [5.41, 5.74) is 2.09. The first-order valence-corrected chi connectivity index (χ1v) is 8.35. The summed E-state index contributed by atoms with van der Waals surface area (Å²) >= 11 is 1.85. The second kappa shape index (κ2) is 6.54. The van der Waals surface area contributed by atoms with E-state index in [-0.39, 0.29) is 18.0 Å². The summed E-state index contributed by atoms with van der Waals surface area (Å²) < 4.78 is 1.71. The van der Waals surface area contributed by atoms with Crippen LogP contribution in [0.4, 0.5) is 0 Å². The molecule has 22 heavy (non-hydrogen) atoms. The lowest BCUT2D eigenvalue weighted by Gasteiger charge is -2.27. The molecule has 2 aromatic rings. The Morgan fingerprint density at radius 1 is 1.45 bits per heavy atom. The third-order valence-corrected chi connectivity index (χ3v) is 5.01. The molecule has 0 saturated heterocycles. The van der Waals surface area contributed by atoms with E-state index in [9.17, 15) is 4.79 Å². The molecule has 1 aliphatic rings. The van der Waals surface area contributed by atoms with Gasteiger partial charge in [0, 0.05) is 29.5 Å². The highest BCUT2D eigenvalue weighted by atomic mass is 32.2. The molecule has 3 rings (SSSR count). The molecule has 2 N–H and O–H groups in total. The minimum absolute atomic E-state index is 0.0118.